The number of amides is 1. The summed E-state index contributed by atoms with van der Waals surface area (Å²) in [6.45, 7) is 9.76. The van der Waals surface area contributed by atoms with E-state index in [-0.39, 0.29) is 0 Å². The van der Waals surface area contributed by atoms with Gasteiger partial charge in [0.2, 0.25) is 4.96 Å². The molecule has 2 aromatic heterocycles. The van der Waals surface area contributed by atoms with E-state index in [1.54, 1.807) is 16.3 Å². The van der Waals surface area contributed by atoms with Crippen LogP contribution in [0.15, 0.2) is 52.9 Å². The Hall–Kier alpha value is -2.91. The Morgan fingerprint density at radius 2 is 1.91 bits per heavy atom. The number of hydrogen-bond acceptors (Lipinski definition) is 7. The Kier molecular flexibility index (Phi) is 7.23. The Balaban J connectivity index is 1.57. The summed E-state index contributed by atoms with van der Waals surface area (Å²) < 4.78 is 8.14. The number of aryl methyl sites for hydroxylation is 2. The van der Waals surface area contributed by atoms with E-state index in [2.05, 4.69) is 47.6 Å². The highest BCUT2D eigenvalue weighted by atomic mass is 32.2. The number of ether oxygens (including phenoxy) is 1. The number of fused-ring (bicyclic) bond motifs is 1. The number of rotatable bonds is 7. The SMILES string of the molecule is Cc1ccc(C)c(CSc2nn3c(C(Cc4ccccc4)NC(=O)OC(C)(C)C)nnc3s2)c1. The molecule has 0 aliphatic carbocycles. The van der Waals surface area contributed by atoms with Crippen molar-refractivity contribution in [2.75, 3.05) is 0 Å². The van der Waals surface area contributed by atoms with E-state index in [9.17, 15) is 4.79 Å². The van der Waals surface area contributed by atoms with Crippen LogP contribution >= 0.6 is 23.1 Å². The second-order valence-corrected chi connectivity index (χ2v) is 11.4. The quantitative estimate of drug-likeness (QED) is 0.321. The fourth-order valence-electron chi connectivity index (χ4n) is 3.49. The summed E-state index contributed by atoms with van der Waals surface area (Å²) in [7, 11) is 0. The van der Waals surface area contributed by atoms with E-state index < -0.39 is 17.7 Å². The van der Waals surface area contributed by atoms with Crippen molar-refractivity contribution in [3.63, 3.8) is 0 Å². The number of thioether (sulfide) groups is 1. The predicted octanol–water partition coefficient (Wildman–Crippen LogP) is 5.90. The molecule has 0 aliphatic rings. The van der Waals surface area contributed by atoms with Crippen molar-refractivity contribution in [1.82, 2.24) is 25.1 Å². The molecule has 0 spiro atoms. The first kappa shape index (κ1) is 24.2. The molecule has 2 aromatic carbocycles. The van der Waals surface area contributed by atoms with Crippen molar-refractivity contribution >= 4 is 34.2 Å². The van der Waals surface area contributed by atoms with Crippen LogP contribution in [0.25, 0.3) is 4.96 Å². The zero-order chi connectivity index (χ0) is 24.3. The fourth-order valence-corrected chi connectivity index (χ4v) is 5.44. The first-order chi connectivity index (χ1) is 16.2. The lowest BCUT2D eigenvalue weighted by molar-refractivity contribution is 0.0500. The van der Waals surface area contributed by atoms with Crippen molar-refractivity contribution < 1.29 is 9.53 Å². The van der Waals surface area contributed by atoms with Gasteiger partial charge in [-0.2, -0.15) is 4.52 Å². The van der Waals surface area contributed by atoms with E-state index in [0.717, 1.165) is 15.7 Å². The molecule has 9 heteroatoms. The lowest BCUT2D eigenvalue weighted by Gasteiger charge is -2.22. The minimum atomic E-state index is -0.597. The molecule has 2 heterocycles. The second kappa shape index (κ2) is 10.1. The standard InChI is InChI=1S/C25H29N5O2S2/c1-16-11-12-17(2)19(13-16)15-33-24-29-30-21(27-28-22(30)34-24)20(14-18-9-7-6-8-10-18)26-23(31)32-25(3,4)5/h6-13,20H,14-15H2,1-5H3,(H,26,31). The number of alkyl carbamates (subject to hydrolysis) is 1. The molecule has 0 saturated heterocycles. The highest BCUT2D eigenvalue weighted by Gasteiger charge is 2.26. The second-order valence-electron chi connectivity index (χ2n) is 9.23. The third-order valence-electron chi connectivity index (χ3n) is 5.14. The molecule has 0 saturated carbocycles. The zero-order valence-electron chi connectivity index (χ0n) is 20.0. The van der Waals surface area contributed by atoms with Gasteiger partial charge in [-0.25, -0.2) is 4.79 Å². The van der Waals surface area contributed by atoms with Gasteiger partial charge in [-0.15, -0.1) is 15.3 Å². The van der Waals surface area contributed by atoms with E-state index in [1.807, 2.05) is 51.1 Å². The fraction of sp³-hybridized carbons (Fsp3) is 0.360. The van der Waals surface area contributed by atoms with Gasteiger partial charge in [0.25, 0.3) is 0 Å². The first-order valence-electron chi connectivity index (χ1n) is 11.1. The largest absolute Gasteiger partial charge is 0.444 e. The van der Waals surface area contributed by atoms with Crippen LogP contribution in [0.5, 0.6) is 0 Å². The van der Waals surface area contributed by atoms with Gasteiger partial charge >= 0.3 is 6.09 Å². The molecule has 1 unspecified atom stereocenters. The molecule has 4 rings (SSSR count). The van der Waals surface area contributed by atoms with Crippen molar-refractivity contribution in [3.8, 4) is 0 Å². The van der Waals surface area contributed by atoms with E-state index in [0.29, 0.717) is 17.2 Å². The van der Waals surface area contributed by atoms with Crippen LogP contribution in [-0.4, -0.2) is 31.5 Å². The van der Waals surface area contributed by atoms with Crippen LogP contribution < -0.4 is 5.32 Å². The van der Waals surface area contributed by atoms with Crippen LogP contribution in [0.3, 0.4) is 0 Å². The molecule has 1 atom stereocenters. The Labute approximate surface area is 207 Å². The molecule has 1 N–H and O–H groups in total. The minimum Gasteiger partial charge on any atom is -0.444 e. The maximum Gasteiger partial charge on any atom is 0.408 e. The van der Waals surface area contributed by atoms with Crippen LogP contribution in [0.1, 0.15) is 54.9 Å². The van der Waals surface area contributed by atoms with E-state index in [4.69, 9.17) is 9.84 Å². The molecular weight excluding hydrogens is 466 g/mol. The van der Waals surface area contributed by atoms with Crippen LogP contribution in [0.2, 0.25) is 0 Å². The molecule has 1 amide bonds. The van der Waals surface area contributed by atoms with Crippen LogP contribution in [-0.2, 0) is 16.9 Å². The van der Waals surface area contributed by atoms with Gasteiger partial charge in [0.1, 0.15) is 5.60 Å². The third kappa shape index (κ3) is 6.15. The summed E-state index contributed by atoms with van der Waals surface area (Å²) >= 11 is 3.18. The van der Waals surface area contributed by atoms with E-state index >= 15 is 0 Å². The zero-order valence-corrected chi connectivity index (χ0v) is 21.7. The Bertz CT molecular complexity index is 1280. The topological polar surface area (TPSA) is 81.4 Å². The number of hydrogen-bond donors (Lipinski definition) is 1. The summed E-state index contributed by atoms with van der Waals surface area (Å²) in [6, 6.07) is 16.0. The molecule has 4 aromatic rings. The summed E-state index contributed by atoms with van der Waals surface area (Å²) in [5, 5.41) is 16.4. The summed E-state index contributed by atoms with van der Waals surface area (Å²) in [5.74, 6) is 1.41. The van der Waals surface area contributed by atoms with Gasteiger partial charge in [0.15, 0.2) is 10.2 Å². The molecule has 34 heavy (non-hydrogen) atoms. The molecule has 7 nitrogen and oxygen atoms in total. The van der Waals surface area contributed by atoms with Gasteiger partial charge < -0.3 is 10.1 Å². The van der Waals surface area contributed by atoms with Crippen LogP contribution in [0, 0.1) is 13.8 Å². The van der Waals surface area contributed by atoms with Gasteiger partial charge in [0.05, 0.1) is 6.04 Å². The molecule has 0 fully saturated rings. The van der Waals surface area contributed by atoms with Crippen molar-refractivity contribution in [2.24, 2.45) is 0 Å². The van der Waals surface area contributed by atoms with Crippen LogP contribution in [0.4, 0.5) is 4.79 Å². The van der Waals surface area contributed by atoms with Crippen molar-refractivity contribution in [1.29, 1.82) is 0 Å². The number of carbonyl (C=O) groups is 1. The summed E-state index contributed by atoms with van der Waals surface area (Å²) in [5.41, 5.74) is 4.29. The van der Waals surface area contributed by atoms with Crippen molar-refractivity contribution in [3.05, 3.63) is 76.6 Å². The average molecular weight is 496 g/mol. The lowest BCUT2D eigenvalue weighted by atomic mass is 10.1. The minimum absolute atomic E-state index is 0.439. The van der Waals surface area contributed by atoms with Gasteiger partial charge in [-0.3, -0.25) is 0 Å². The molecule has 0 aliphatic heterocycles. The molecular formula is C25H29N5O2S2. The molecule has 0 bridgehead atoms. The maximum atomic E-state index is 12.6. The number of aromatic nitrogens is 4. The van der Waals surface area contributed by atoms with Gasteiger partial charge in [0, 0.05) is 12.2 Å². The number of nitrogens with one attached hydrogen (secondary N) is 1. The van der Waals surface area contributed by atoms with E-state index in [1.165, 1.54) is 28.0 Å². The number of nitrogens with zero attached hydrogens (tertiary/aromatic N) is 4. The maximum absolute atomic E-state index is 12.6. The predicted molar refractivity (Wildman–Crippen MR) is 136 cm³/mol. The molecule has 178 valence electrons. The lowest BCUT2D eigenvalue weighted by Crippen LogP contribution is -2.36. The first-order valence-corrected chi connectivity index (χ1v) is 12.9. The monoisotopic (exact) mass is 495 g/mol. The third-order valence-corrected chi connectivity index (χ3v) is 7.22. The normalized spacial score (nSPS) is 12.6. The average Bonchev–Trinajstić information content (AvgIpc) is 3.34. The van der Waals surface area contributed by atoms with Gasteiger partial charge in [-0.1, -0.05) is 77.2 Å². The van der Waals surface area contributed by atoms with Crippen molar-refractivity contribution in [2.45, 2.75) is 62.8 Å². The number of benzene rings is 2. The Morgan fingerprint density at radius 3 is 2.65 bits per heavy atom. The highest BCUT2D eigenvalue weighted by Crippen LogP contribution is 2.30. The highest BCUT2D eigenvalue weighted by molar-refractivity contribution is 8.00. The van der Waals surface area contributed by atoms with Gasteiger partial charge in [-0.05, 0) is 51.3 Å². The Morgan fingerprint density at radius 1 is 1.15 bits per heavy atom. The molecule has 0 radical (unpaired) electrons. The summed E-state index contributed by atoms with van der Waals surface area (Å²) in [4.78, 5) is 13.3. The smallest absolute Gasteiger partial charge is 0.408 e. The number of carbonyl (C=O) groups excluding carboxylic acids is 1. The summed E-state index contributed by atoms with van der Waals surface area (Å²) in [6.07, 6.45) is 0.0496.